The van der Waals surface area contributed by atoms with Gasteiger partial charge in [0.05, 0.1) is 7.11 Å². The molecule has 102 valence electrons. The zero-order valence-corrected chi connectivity index (χ0v) is 10.8. The predicted octanol–water partition coefficient (Wildman–Crippen LogP) is 3.82. The smallest absolute Gasteiger partial charge is 0.340 e. The van der Waals surface area contributed by atoms with E-state index in [4.69, 9.17) is 0 Å². The number of methoxy groups -OCH3 is 1. The average molecular weight is 266 g/mol. The van der Waals surface area contributed by atoms with Crippen LogP contribution in [-0.2, 0) is 14.9 Å². The normalized spacial score (nSPS) is 17.0. The molecule has 0 unspecified atom stereocenters. The van der Waals surface area contributed by atoms with Crippen molar-refractivity contribution in [2.75, 3.05) is 7.11 Å². The molecular formula is C15H16F2O2. The molecule has 0 heterocycles. The molecule has 0 amide bonds. The SMILES string of the molecule is COC(=O)C(=C(F)F)C1(c2ccccc2)CCCC1. The summed E-state index contributed by atoms with van der Waals surface area (Å²) in [5.74, 6) is -0.925. The van der Waals surface area contributed by atoms with E-state index >= 15 is 0 Å². The quantitative estimate of drug-likeness (QED) is 0.614. The van der Waals surface area contributed by atoms with Crippen LogP contribution in [0.5, 0.6) is 0 Å². The summed E-state index contributed by atoms with van der Waals surface area (Å²) in [5, 5.41) is 0. The van der Waals surface area contributed by atoms with E-state index < -0.39 is 23.0 Å². The number of carbonyl (C=O) groups is 1. The highest BCUT2D eigenvalue weighted by Gasteiger charge is 2.45. The summed E-state index contributed by atoms with van der Waals surface area (Å²) in [5.41, 5.74) is -0.605. The molecule has 0 radical (unpaired) electrons. The maximum absolute atomic E-state index is 13.3. The second kappa shape index (κ2) is 5.51. The molecule has 1 aromatic rings. The second-order valence-electron chi connectivity index (χ2n) is 4.78. The van der Waals surface area contributed by atoms with Gasteiger partial charge in [-0.05, 0) is 18.4 Å². The Morgan fingerprint density at radius 1 is 1.16 bits per heavy atom. The monoisotopic (exact) mass is 266 g/mol. The van der Waals surface area contributed by atoms with E-state index in [1.165, 1.54) is 0 Å². The van der Waals surface area contributed by atoms with Gasteiger partial charge < -0.3 is 4.74 Å². The van der Waals surface area contributed by atoms with Crippen LogP contribution in [0.25, 0.3) is 0 Å². The highest BCUT2D eigenvalue weighted by atomic mass is 19.3. The Morgan fingerprint density at radius 3 is 2.21 bits per heavy atom. The molecule has 0 atom stereocenters. The fourth-order valence-electron chi connectivity index (χ4n) is 2.97. The van der Waals surface area contributed by atoms with Gasteiger partial charge in [0.2, 0.25) is 0 Å². The Balaban J connectivity index is 2.57. The van der Waals surface area contributed by atoms with Gasteiger partial charge in [0.15, 0.2) is 0 Å². The summed E-state index contributed by atoms with van der Waals surface area (Å²) < 4.78 is 31.2. The molecule has 0 saturated heterocycles. The fraction of sp³-hybridized carbons (Fsp3) is 0.400. The number of carbonyl (C=O) groups excluding carboxylic acids is 1. The summed E-state index contributed by atoms with van der Waals surface area (Å²) in [6.07, 6.45) is 0.848. The van der Waals surface area contributed by atoms with Gasteiger partial charge in [-0.3, -0.25) is 0 Å². The zero-order valence-electron chi connectivity index (χ0n) is 10.8. The second-order valence-corrected chi connectivity index (χ2v) is 4.78. The van der Waals surface area contributed by atoms with Crippen molar-refractivity contribution < 1.29 is 18.3 Å². The molecule has 0 spiro atoms. The van der Waals surface area contributed by atoms with E-state index in [1.54, 1.807) is 24.3 Å². The Kier molecular flexibility index (Phi) is 3.98. The Labute approximate surface area is 111 Å². The minimum atomic E-state index is -1.93. The molecule has 1 aliphatic carbocycles. The van der Waals surface area contributed by atoms with Crippen LogP contribution in [0.2, 0.25) is 0 Å². The van der Waals surface area contributed by atoms with Crippen LogP contribution < -0.4 is 0 Å². The third kappa shape index (κ3) is 2.39. The van der Waals surface area contributed by atoms with Crippen molar-refractivity contribution in [1.29, 1.82) is 0 Å². The van der Waals surface area contributed by atoms with Crippen molar-refractivity contribution in [2.24, 2.45) is 0 Å². The van der Waals surface area contributed by atoms with E-state index in [2.05, 4.69) is 4.74 Å². The van der Waals surface area contributed by atoms with Gasteiger partial charge in [-0.2, -0.15) is 8.78 Å². The molecule has 2 nitrogen and oxygen atoms in total. The van der Waals surface area contributed by atoms with E-state index in [-0.39, 0.29) is 0 Å². The Morgan fingerprint density at radius 2 is 1.74 bits per heavy atom. The summed E-state index contributed by atoms with van der Waals surface area (Å²) in [6.45, 7) is 0. The topological polar surface area (TPSA) is 26.3 Å². The first-order chi connectivity index (χ1) is 9.12. The van der Waals surface area contributed by atoms with Crippen molar-refractivity contribution in [3.8, 4) is 0 Å². The minimum Gasteiger partial charge on any atom is -0.465 e. The summed E-state index contributed by atoms with van der Waals surface area (Å²) >= 11 is 0. The molecule has 0 N–H and O–H groups in total. The highest BCUT2D eigenvalue weighted by Crippen LogP contribution is 2.48. The lowest BCUT2D eigenvalue weighted by molar-refractivity contribution is -0.137. The van der Waals surface area contributed by atoms with Gasteiger partial charge in [0.1, 0.15) is 5.57 Å². The van der Waals surface area contributed by atoms with Gasteiger partial charge in [-0.25, -0.2) is 4.79 Å². The standard InChI is InChI=1S/C15H16F2O2/c1-19-14(18)12(13(16)17)15(9-5-6-10-15)11-7-3-2-4-8-11/h2-4,7-8H,5-6,9-10H2,1H3. The third-order valence-corrected chi connectivity index (χ3v) is 3.84. The van der Waals surface area contributed by atoms with Crippen LogP contribution in [0, 0.1) is 0 Å². The van der Waals surface area contributed by atoms with E-state index in [1.807, 2.05) is 6.07 Å². The average Bonchev–Trinajstić information content (AvgIpc) is 2.89. The molecule has 1 aliphatic rings. The lowest BCUT2D eigenvalue weighted by atomic mass is 9.73. The molecule has 1 fully saturated rings. The van der Waals surface area contributed by atoms with Crippen molar-refractivity contribution in [3.05, 3.63) is 47.5 Å². The van der Waals surface area contributed by atoms with Crippen molar-refractivity contribution in [1.82, 2.24) is 0 Å². The number of hydrogen-bond donors (Lipinski definition) is 0. The van der Waals surface area contributed by atoms with Gasteiger partial charge >= 0.3 is 5.97 Å². The van der Waals surface area contributed by atoms with Gasteiger partial charge in [0.25, 0.3) is 6.08 Å². The van der Waals surface area contributed by atoms with Crippen molar-refractivity contribution >= 4 is 5.97 Å². The largest absolute Gasteiger partial charge is 0.465 e. The van der Waals surface area contributed by atoms with Crippen LogP contribution in [0.15, 0.2) is 42.0 Å². The molecule has 0 aromatic heterocycles. The number of hydrogen-bond acceptors (Lipinski definition) is 2. The minimum absolute atomic E-state index is 0.473. The first-order valence-electron chi connectivity index (χ1n) is 6.31. The summed E-state index contributed by atoms with van der Waals surface area (Å²) in [4.78, 5) is 11.8. The van der Waals surface area contributed by atoms with Gasteiger partial charge in [-0.1, -0.05) is 43.2 Å². The van der Waals surface area contributed by atoms with E-state index in [0.29, 0.717) is 12.8 Å². The number of benzene rings is 1. The van der Waals surface area contributed by atoms with Gasteiger partial charge in [-0.15, -0.1) is 0 Å². The molecule has 0 aliphatic heterocycles. The molecule has 19 heavy (non-hydrogen) atoms. The predicted molar refractivity (Wildman–Crippen MR) is 67.8 cm³/mol. The maximum Gasteiger partial charge on any atom is 0.340 e. The first kappa shape index (κ1) is 13.7. The number of esters is 1. The van der Waals surface area contributed by atoms with Crippen LogP contribution >= 0.6 is 0 Å². The zero-order chi connectivity index (χ0) is 13.9. The maximum atomic E-state index is 13.3. The van der Waals surface area contributed by atoms with E-state index in [9.17, 15) is 13.6 Å². The fourth-order valence-corrected chi connectivity index (χ4v) is 2.97. The highest BCUT2D eigenvalue weighted by molar-refractivity contribution is 5.91. The molecule has 0 bridgehead atoms. The molecular weight excluding hydrogens is 250 g/mol. The summed E-state index contributed by atoms with van der Waals surface area (Å²) in [6, 6.07) is 9.05. The van der Waals surface area contributed by atoms with Gasteiger partial charge in [0, 0.05) is 5.41 Å². The lowest BCUT2D eigenvalue weighted by Gasteiger charge is -2.30. The lowest BCUT2D eigenvalue weighted by Crippen LogP contribution is -2.31. The van der Waals surface area contributed by atoms with Crippen molar-refractivity contribution in [3.63, 3.8) is 0 Å². The first-order valence-corrected chi connectivity index (χ1v) is 6.31. The van der Waals surface area contributed by atoms with Crippen LogP contribution in [0.1, 0.15) is 31.2 Å². The van der Waals surface area contributed by atoms with E-state index in [0.717, 1.165) is 25.5 Å². The molecule has 4 heteroatoms. The molecule has 2 rings (SSSR count). The number of halogens is 2. The summed E-state index contributed by atoms with van der Waals surface area (Å²) in [7, 11) is 1.14. The molecule has 1 saturated carbocycles. The van der Waals surface area contributed by atoms with Crippen LogP contribution in [0.3, 0.4) is 0 Å². The number of ether oxygens (including phenoxy) is 1. The van der Waals surface area contributed by atoms with Crippen LogP contribution in [-0.4, -0.2) is 13.1 Å². The molecule has 1 aromatic carbocycles. The third-order valence-electron chi connectivity index (χ3n) is 3.84. The number of rotatable bonds is 3. The Bertz CT molecular complexity index is 484. The van der Waals surface area contributed by atoms with Crippen LogP contribution in [0.4, 0.5) is 8.78 Å². The van der Waals surface area contributed by atoms with Crippen molar-refractivity contribution in [2.45, 2.75) is 31.1 Å². The Hall–Kier alpha value is -1.71.